The molecule has 1 heterocycles. The minimum absolute atomic E-state index is 0.000118. The van der Waals surface area contributed by atoms with Crippen molar-refractivity contribution in [3.05, 3.63) is 47.8 Å². The van der Waals surface area contributed by atoms with Gasteiger partial charge in [0, 0.05) is 12.2 Å². The summed E-state index contributed by atoms with van der Waals surface area (Å²) in [6.07, 6.45) is -1.13. The summed E-state index contributed by atoms with van der Waals surface area (Å²) < 4.78 is 38.8. The summed E-state index contributed by atoms with van der Waals surface area (Å²) in [7, 11) is 0. The molecule has 1 aliphatic carbocycles. The number of carbonyl (C=O) groups excluding carboxylic acids is 1. The Balaban J connectivity index is 1.79. The number of anilines is 2. The van der Waals surface area contributed by atoms with E-state index < -0.39 is 17.6 Å². The molecule has 2 N–H and O–H groups in total. The first-order valence-electron chi connectivity index (χ1n) is 7.00. The highest BCUT2D eigenvalue weighted by Crippen LogP contribution is 2.34. The van der Waals surface area contributed by atoms with Gasteiger partial charge in [-0.1, -0.05) is 12.1 Å². The van der Waals surface area contributed by atoms with E-state index in [2.05, 4.69) is 20.6 Å². The lowest BCUT2D eigenvalue weighted by Crippen LogP contribution is -2.18. The van der Waals surface area contributed by atoms with Gasteiger partial charge in [0.15, 0.2) is 0 Å². The first-order valence-corrected chi connectivity index (χ1v) is 7.00. The Kier molecular flexibility index (Phi) is 3.89. The molecule has 1 saturated carbocycles. The summed E-state index contributed by atoms with van der Waals surface area (Å²) in [5, 5.41) is 5.28. The lowest BCUT2D eigenvalue weighted by Gasteiger charge is -2.13. The van der Waals surface area contributed by atoms with Crippen molar-refractivity contribution < 1.29 is 18.0 Å². The normalized spacial score (nSPS) is 14.4. The highest BCUT2D eigenvalue weighted by atomic mass is 19.4. The number of para-hydroxylation sites is 1. The van der Waals surface area contributed by atoms with E-state index in [-0.39, 0.29) is 11.4 Å². The van der Waals surface area contributed by atoms with E-state index in [1.165, 1.54) is 30.5 Å². The van der Waals surface area contributed by atoms with Crippen molar-refractivity contribution in [3.63, 3.8) is 0 Å². The van der Waals surface area contributed by atoms with E-state index in [9.17, 15) is 18.0 Å². The number of hydrogen-bond donors (Lipinski definition) is 2. The van der Waals surface area contributed by atoms with Crippen molar-refractivity contribution in [2.75, 3.05) is 10.6 Å². The van der Waals surface area contributed by atoms with Crippen LogP contribution in [0, 0.1) is 0 Å². The third-order valence-corrected chi connectivity index (χ3v) is 3.28. The Morgan fingerprint density at radius 1 is 1.17 bits per heavy atom. The Labute approximate surface area is 130 Å². The Hall–Kier alpha value is -2.64. The number of halogens is 3. The van der Waals surface area contributed by atoms with Gasteiger partial charge in [0.2, 0.25) is 5.95 Å². The molecular weight excluding hydrogens is 309 g/mol. The quantitative estimate of drug-likeness (QED) is 0.906. The molecule has 0 spiro atoms. The van der Waals surface area contributed by atoms with Crippen molar-refractivity contribution >= 4 is 17.5 Å². The Morgan fingerprint density at radius 2 is 1.91 bits per heavy atom. The molecule has 2 aromatic rings. The molecule has 0 aliphatic heterocycles. The van der Waals surface area contributed by atoms with E-state index in [0.29, 0.717) is 12.0 Å². The maximum Gasteiger partial charge on any atom is 0.418 e. The van der Waals surface area contributed by atoms with Crippen LogP contribution in [0.3, 0.4) is 0 Å². The van der Waals surface area contributed by atoms with Gasteiger partial charge in [-0.25, -0.2) is 9.97 Å². The highest BCUT2D eigenvalue weighted by Gasteiger charge is 2.33. The summed E-state index contributed by atoms with van der Waals surface area (Å²) in [6.45, 7) is 0. The van der Waals surface area contributed by atoms with Gasteiger partial charge in [-0.3, -0.25) is 4.79 Å². The molecule has 0 bridgehead atoms. The molecule has 0 unspecified atom stereocenters. The summed E-state index contributed by atoms with van der Waals surface area (Å²) in [5.74, 6) is -0.424. The van der Waals surface area contributed by atoms with Crippen LogP contribution in [-0.4, -0.2) is 21.9 Å². The second-order valence-corrected chi connectivity index (χ2v) is 5.18. The van der Waals surface area contributed by atoms with Crippen molar-refractivity contribution in [3.8, 4) is 0 Å². The first kappa shape index (κ1) is 15.3. The van der Waals surface area contributed by atoms with E-state index in [0.717, 1.165) is 18.9 Å². The third kappa shape index (κ3) is 3.77. The predicted octanol–water partition coefficient (Wildman–Crippen LogP) is 3.32. The summed E-state index contributed by atoms with van der Waals surface area (Å²) >= 11 is 0. The van der Waals surface area contributed by atoms with Crippen LogP contribution in [0.1, 0.15) is 28.9 Å². The Morgan fingerprint density at radius 3 is 2.61 bits per heavy atom. The number of carbonyl (C=O) groups is 1. The average Bonchev–Trinajstić information content (AvgIpc) is 3.31. The van der Waals surface area contributed by atoms with Crippen molar-refractivity contribution in [2.24, 2.45) is 0 Å². The molecule has 1 aliphatic rings. The van der Waals surface area contributed by atoms with Crippen LogP contribution in [0.25, 0.3) is 0 Å². The van der Waals surface area contributed by atoms with Crippen LogP contribution in [0.2, 0.25) is 0 Å². The molecule has 1 aromatic carbocycles. The molecule has 5 nitrogen and oxygen atoms in total. The van der Waals surface area contributed by atoms with Crippen molar-refractivity contribution in [2.45, 2.75) is 25.1 Å². The monoisotopic (exact) mass is 322 g/mol. The van der Waals surface area contributed by atoms with Gasteiger partial charge in [0.05, 0.1) is 11.3 Å². The second kappa shape index (κ2) is 5.86. The van der Waals surface area contributed by atoms with Gasteiger partial charge in [0.25, 0.3) is 5.91 Å². The molecule has 1 aromatic heterocycles. The first-order chi connectivity index (χ1) is 10.9. The van der Waals surface area contributed by atoms with Gasteiger partial charge in [-0.15, -0.1) is 0 Å². The fourth-order valence-corrected chi connectivity index (χ4v) is 1.99. The van der Waals surface area contributed by atoms with Gasteiger partial charge in [-0.05, 0) is 31.0 Å². The molecule has 0 atom stereocenters. The predicted molar refractivity (Wildman–Crippen MR) is 78.1 cm³/mol. The molecule has 0 saturated heterocycles. The van der Waals surface area contributed by atoms with Crippen LogP contribution < -0.4 is 10.6 Å². The fourth-order valence-electron chi connectivity index (χ4n) is 1.99. The fraction of sp³-hybridized carbons (Fsp3) is 0.267. The van der Waals surface area contributed by atoms with Gasteiger partial charge < -0.3 is 10.6 Å². The smallest absolute Gasteiger partial charge is 0.351 e. The van der Waals surface area contributed by atoms with E-state index in [1.54, 1.807) is 0 Å². The van der Waals surface area contributed by atoms with Crippen LogP contribution >= 0.6 is 0 Å². The summed E-state index contributed by atoms with van der Waals surface area (Å²) in [6, 6.07) is 6.45. The molecule has 120 valence electrons. The topological polar surface area (TPSA) is 66.9 Å². The minimum atomic E-state index is -4.55. The van der Waals surface area contributed by atoms with Crippen molar-refractivity contribution in [1.29, 1.82) is 0 Å². The zero-order chi connectivity index (χ0) is 16.4. The summed E-state index contributed by atoms with van der Waals surface area (Å²) in [4.78, 5) is 20.2. The van der Waals surface area contributed by atoms with Gasteiger partial charge in [0.1, 0.15) is 5.69 Å². The number of aromatic nitrogens is 2. The lowest BCUT2D eigenvalue weighted by molar-refractivity contribution is -0.136. The molecular formula is C15H13F3N4O. The number of benzene rings is 1. The SMILES string of the molecule is O=C(Nc1ccccc1C(F)(F)F)c1ccnc(NC2CC2)n1. The number of rotatable bonds is 4. The van der Waals surface area contributed by atoms with Gasteiger partial charge >= 0.3 is 6.18 Å². The number of nitrogens with one attached hydrogen (secondary N) is 2. The van der Waals surface area contributed by atoms with E-state index in [1.807, 2.05) is 0 Å². The molecule has 1 fully saturated rings. The third-order valence-electron chi connectivity index (χ3n) is 3.28. The highest BCUT2D eigenvalue weighted by molar-refractivity contribution is 6.03. The summed E-state index contributed by atoms with van der Waals surface area (Å²) in [5.41, 5.74) is -1.21. The zero-order valence-electron chi connectivity index (χ0n) is 11.9. The molecule has 23 heavy (non-hydrogen) atoms. The molecule has 1 amide bonds. The number of nitrogens with zero attached hydrogens (tertiary/aromatic N) is 2. The van der Waals surface area contributed by atoms with E-state index >= 15 is 0 Å². The van der Waals surface area contributed by atoms with E-state index in [4.69, 9.17) is 0 Å². The van der Waals surface area contributed by atoms with Crippen molar-refractivity contribution in [1.82, 2.24) is 9.97 Å². The zero-order valence-corrected chi connectivity index (χ0v) is 11.9. The lowest BCUT2D eigenvalue weighted by atomic mass is 10.1. The molecule has 0 radical (unpaired) electrons. The van der Waals surface area contributed by atoms with Crippen LogP contribution in [0.15, 0.2) is 36.5 Å². The van der Waals surface area contributed by atoms with Crippen LogP contribution in [0.4, 0.5) is 24.8 Å². The average molecular weight is 322 g/mol. The maximum absolute atomic E-state index is 12.9. The number of alkyl halides is 3. The molecule has 8 heteroatoms. The number of amides is 1. The minimum Gasteiger partial charge on any atom is -0.351 e. The largest absolute Gasteiger partial charge is 0.418 e. The van der Waals surface area contributed by atoms with Crippen LogP contribution in [-0.2, 0) is 6.18 Å². The Bertz CT molecular complexity index is 729. The van der Waals surface area contributed by atoms with Crippen LogP contribution in [0.5, 0.6) is 0 Å². The maximum atomic E-state index is 12.9. The second-order valence-electron chi connectivity index (χ2n) is 5.18. The molecule has 3 rings (SSSR count). The standard InChI is InChI=1S/C15H13F3N4O/c16-15(17,18)10-3-1-2-4-11(10)21-13(23)12-7-8-19-14(22-12)20-9-5-6-9/h1-4,7-9H,5-6H2,(H,21,23)(H,19,20,22). The number of hydrogen-bond acceptors (Lipinski definition) is 4. The van der Waals surface area contributed by atoms with Gasteiger partial charge in [-0.2, -0.15) is 13.2 Å².